The van der Waals surface area contributed by atoms with E-state index >= 15 is 0 Å². The van der Waals surface area contributed by atoms with Gasteiger partial charge in [-0.2, -0.15) is 5.06 Å². The first-order chi connectivity index (χ1) is 7.13. The molecule has 0 heterocycles. The summed E-state index contributed by atoms with van der Waals surface area (Å²) < 4.78 is 0. The van der Waals surface area contributed by atoms with E-state index in [4.69, 9.17) is 0 Å². The molecule has 0 spiro atoms. The Bertz CT molecular complexity index is 290. The Balaban J connectivity index is 0.00000225. The normalized spacial score (nSPS) is 12.3. The predicted molar refractivity (Wildman–Crippen MR) is 72.8 cm³/mol. The number of benzene rings is 1. The Kier molecular flexibility index (Phi) is 7.85. The maximum Gasteiger partial charge on any atom is 0.0359 e. The number of thioether (sulfide) groups is 1. The molecule has 0 fully saturated rings. The summed E-state index contributed by atoms with van der Waals surface area (Å²) in [5.41, 5.74) is 1.27. The quantitative estimate of drug-likeness (QED) is 0.649. The van der Waals surface area contributed by atoms with Gasteiger partial charge in [0.25, 0.3) is 0 Å². The summed E-state index contributed by atoms with van der Waals surface area (Å²) in [6, 6.07) is 8.73. The molecule has 0 aromatic heterocycles. The largest absolute Gasteiger partial charge is 0.314 e. The number of rotatable bonds is 5. The first-order valence-electron chi connectivity index (χ1n) is 5.27. The molecule has 0 radical (unpaired) electrons. The van der Waals surface area contributed by atoms with E-state index in [0.29, 0.717) is 0 Å². The molecule has 1 rings (SSSR count). The van der Waals surface area contributed by atoms with E-state index in [1.54, 1.807) is 7.05 Å². The number of likely N-dealkylation sites (N-methyl/N-ethyl adjacent to an activating group) is 1. The second kappa shape index (κ2) is 7.96. The maximum absolute atomic E-state index is 9.25. The van der Waals surface area contributed by atoms with Crippen molar-refractivity contribution in [1.29, 1.82) is 0 Å². The molecule has 0 saturated carbocycles. The molecule has 1 aromatic rings. The van der Waals surface area contributed by atoms with E-state index in [1.807, 2.05) is 18.7 Å². The SMILES string of the molecule is CCSc1ccc(CC(C)N(C)O)cc1.Cl. The van der Waals surface area contributed by atoms with Crippen molar-refractivity contribution in [2.45, 2.75) is 31.2 Å². The molecule has 0 aliphatic rings. The highest BCUT2D eigenvalue weighted by Gasteiger charge is 2.06. The fourth-order valence-electron chi connectivity index (χ4n) is 1.36. The molecule has 1 unspecified atom stereocenters. The van der Waals surface area contributed by atoms with Crippen molar-refractivity contribution in [1.82, 2.24) is 5.06 Å². The monoisotopic (exact) mass is 261 g/mol. The lowest BCUT2D eigenvalue weighted by Gasteiger charge is -2.17. The number of hydrogen-bond acceptors (Lipinski definition) is 3. The van der Waals surface area contributed by atoms with Crippen LogP contribution in [0.25, 0.3) is 0 Å². The third-order valence-corrected chi connectivity index (χ3v) is 3.30. The van der Waals surface area contributed by atoms with Gasteiger partial charge in [-0.25, -0.2) is 0 Å². The van der Waals surface area contributed by atoms with Gasteiger partial charge < -0.3 is 5.21 Å². The molecule has 2 nitrogen and oxygen atoms in total. The van der Waals surface area contributed by atoms with Crippen LogP contribution < -0.4 is 0 Å². The van der Waals surface area contributed by atoms with Crippen LogP contribution in [0.15, 0.2) is 29.2 Å². The lowest BCUT2D eigenvalue weighted by molar-refractivity contribution is -0.0963. The zero-order valence-electron chi connectivity index (χ0n) is 10.0. The van der Waals surface area contributed by atoms with E-state index in [1.165, 1.54) is 15.5 Å². The van der Waals surface area contributed by atoms with Crippen LogP contribution in [0.1, 0.15) is 19.4 Å². The highest BCUT2D eigenvalue weighted by molar-refractivity contribution is 7.99. The fraction of sp³-hybridized carbons (Fsp3) is 0.500. The van der Waals surface area contributed by atoms with Gasteiger partial charge in [0.15, 0.2) is 0 Å². The average Bonchev–Trinajstić information content (AvgIpc) is 2.21. The zero-order valence-corrected chi connectivity index (χ0v) is 11.6. The average molecular weight is 262 g/mol. The summed E-state index contributed by atoms with van der Waals surface area (Å²) >= 11 is 1.85. The minimum absolute atomic E-state index is 0. The third kappa shape index (κ3) is 5.21. The van der Waals surface area contributed by atoms with Crippen LogP contribution >= 0.6 is 24.2 Å². The van der Waals surface area contributed by atoms with Crippen LogP contribution in [0.3, 0.4) is 0 Å². The first-order valence-corrected chi connectivity index (χ1v) is 6.25. The van der Waals surface area contributed by atoms with E-state index in [9.17, 15) is 5.21 Å². The van der Waals surface area contributed by atoms with Crippen molar-refractivity contribution in [3.05, 3.63) is 29.8 Å². The summed E-state index contributed by atoms with van der Waals surface area (Å²) in [5, 5.41) is 10.5. The summed E-state index contributed by atoms with van der Waals surface area (Å²) in [6.07, 6.45) is 0.879. The standard InChI is InChI=1S/C12H19NOS.ClH/c1-4-15-12-7-5-11(6-8-12)9-10(2)13(3)14;/h5-8,10,14H,4,9H2,1-3H3;1H. The third-order valence-electron chi connectivity index (χ3n) is 2.40. The topological polar surface area (TPSA) is 23.5 Å². The number of hydroxylamine groups is 2. The van der Waals surface area contributed by atoms with Crippen LogP contribution in [0, 0.1) is 0 Å². The molecule has 1 N–H and O–H groups in total. The highest BCUT2D eigenvalue weighted by atomic mass is 35.5. The van der Waals surface area contributed by atoms with Gasteiger partial charge in [-0.15, -0.1) is 24.2 Å². The van der Waals surface area contributed by atoms with Gasteiger partial charge in [0.05, 0.1) is 0 Å². The van der Waals surface area contributed by atoms with Crippen LogP contribution in [0.2, 0.25) is 0 Å². The van der Waals surface area contributed by atoms with Crippen LogP contribution in [-0.2, 0) is 6.42 Å². The van der Waals surface area contributed by atoms with E-state index < -0.39 is 0 Å². The van der Waals surface area contributed by atoms with E-state index in [0.717, 1.165) is 12.2 Å². The summed E-state index contributed by atoms with van der Waals surface area (Å²) in [5.74, 6) is 1.11. The molecule has 92 valence electrons. The Morgan fingerprint density at radius 2 is 1.88 bits per heavy atom. The number of hydrogen-bond donors (Lipinski definition) is 1. The number of halogens is 1. The molecule has 1 aromatic carbocycles. The predicted octanol–water partition coefficient (Wildman–Crippen LogP) is 3.47. The van der Waals surface area contributed by atoms with Gasteiger partial charge >= 0.3 is 0 Å². The highest BCUT2D eigenvalue weighted by Crippen LogP contribution is 2.18. The summed E-state index contributed by atoms with van der Waals surface area (Å²) in [6.45, 7) is 4.16. The molecule has 1 atom stereocenters. The summed E-state index contributed by atoms with van der Waals surface area (Å²) in [7, 11) is 1.69. The molecule has 16 heavy (non-hydrogen) atoms. The van der Waals surface area contributed by atoms with Crippen molar-refractivity contribution < 1.29 is 5.21 Å². The van der Waals surface area contributed by atoms with E-state index in [2.05, 4.69) is 31.2 Å². The molecule has 0 bridgehead atoms. The Morgan fingerprint density at radius 3 is 2.31 bits per heavy atom. The fourth-order valence-corrected chi connectivity index (χ4v) is 2.02. The molecule has 0 aliphatic carbocycles. The molecular weight excluding hydrogens is 242 g/mol. The molecule has 0 saturated heterocycles. The lowest BCUT2D eigenvalue weighted by Crippen LogP contribution is -2.27. The molecule has 0 amide bonds. The smallest absolute Gasteiger partial charge is 0.0359 e. The van der Waals surface area contributed by atoms with Crippen LogP contribution in [0.4, 0.5) is 0 Å². The van der Waals surface area contributed by atoms with Crippen LogP contribution in [0.5, 0.6) is 0 Å². The Hall–Kier alpha value is -0.220. The van der Waals surface area contributed by atoms with Gasteiger partial charge in [0, 0.05) is 18.0 Å². The van der Waals surface area contributed by atoms with Crippen LogP contribution in [-0.4, -0.2) is 29.1 Å². The number of nitrogens with zero attached hydrogens (tertiary/aromatic N) is 1. The van der Waals surface area contributed by atoms with Crippen molar-refractivity contribution in [3.63, 3.8) is 0 Å². The lowest BCUT2D eigenvalue weighted by atomic mass is 10.1. The zero-order chi connectivity index (χ0) is 11.3. The maximum atomic E-state index is 9.25. The molecule has 4 heteroatoms. The summed E-state index contributed by atoms with van der Waals surface area (Å²) in [4.78, 5) is 1.31. The van der Waals surface area contributed by atoms with Gasteiger partial charge in [0.2, 0.25) is 0 Å². The van der Waals surface area contributed by atoms with Crippen molar-refractivity contribution >= 4 is 24.2 Å². The molecule has 0 aliphatic heterocycles. The second-order valence-electron chi connectivity index (χ2n) is 3.70. The Morgan fingerprint density at radius 1 is 1.31 bits per heavy atom. The van der Waals surface area contributed by atoms with E-state index in [-0.39, 0.29) is 18.4 Å². The van der Waals surface area contributed by atoms with Gasteiger partial charge in [-0.05, 0) is 36.8 Å². The van der Waals surface area contributed by atoms with Crippen molar-refractivity contribution in [3.8, 4) is 0 Å². The first kappa shape index (κ1) is 15.8. The van der Waals surface area contributed by atoms with Gasteiger partial charge in [0.1, 0.15) is 0 Å². The Labute approximate surface area is 108 Å². The van der Waals surface area contributed by atoms with Crippen molar-refractivity contribution in [2.24, 2.45) is 0 Å². The van der Waals surface area contributed by atoms with Gasteiger partial charge in [-0.3, -0.25) is 0 Å². The second-order valence-corrected chi connectivity index (χ2v) is 5.04. The minimum atomic E-state index is 0. The molecular formula is C12H20ClNOS. The van der Waals surface area contributed by atoms with Gasteiger partial charge in [-0.1, -0.05) is 19.1 Å². The van der Waals surface area contributed by atoms with Crippen molar-refractivity contribution in [2.75, 3.05) is 12.8 Å². The minimum Gasteiger partial charge on any atom is -0.314 e.